The minimum absolute atomic E-state index is 0.0557. The van der Waals surface area contributed by atoms with Crippen LogP contribution < -0.4 is 0 Å². The summed E-state index contributed by atoms with van der Waals surface area (Å²) in [7, 11) is 0. The molecule has 0 unspecified atom stereocenters. The average molecular weight is 929 g/mol. The van der Waals surface area contributed by atoms with Gasteiger partial charge in [-0.3, -0.25) is 4.79 Å². The zero-order valence-corrected chi connectivity index (χ0v) is 38.6. The summed E-state index contributed by atoms with van der Waals surface area (Å²) in [6.07, 6.45) is -12.5. The van der Waals surface area contributed by atoms with Gasteiger partial charge in [-0.2, -0.15) is 0 Å². The van der Waals surface area contributed by atoms with Crippen LogP contribution in [0.4, 0.5) is 0 Å². The summed E-state index contributed by atoms with van der Waals surface area (Å²) >= 11 is 0. The summed E-state index contributed by atoms with van der Waals surface area (Å²) in [4.78, 5) is 14.9. The molecule has 5 aliphatic carbocycles. The first-order valence-corrected chi connectivity index (χ1v) is 23.9. The lowest BCUT2D eigenvalue weighted by atomic mass is 9.33. The smallest absolute Gasteiger partial charge is 0.315 e. The summed E-state index contributed by atoms with van der Waals surface area (Å²) in [5, 5.41) is 116. The number of carbonyl (C=O) groups is 1. The van der Waals surface area contributed by atoms with E-state index < -0.39 is 122 Å². The number of allylic oxidation sites excluding steroid dienone is 2. The van der Waals surface area contributed by atoms with Crippen LogP contribution in [0.5, 0.6) is 0 Å². The van der Waals surface area contributed by atoms with Crippen LogP contribution in [0.25, 0.3) is 0 Å². The molecule has 372 valence electrons. The van der Waals surface area contributed by atoms with Crippen molar-refractivity contribution in [1.82, 2.24) is 0 Å². The Balaban J connectivity index is 1.02. The standard InChI is InChI=1S/C47H76O18/c1-42(2)13-15-47(41(59)65-40-37(58)34(55)32(53)26(63-40)20-61-38-36(57)33(54)31(52)25(18-48)62-38)16-14-45(5)22(23(47)17-42)7-8-28-43(3)11-10-29(64-39-35(56)30(51)24(50)19-60-39)44(4,21-49)27(43)9-12-46(28,45)6/h7,23-40,48-58H,8-21H2,1-6H3/t23-,24-,25+,26+,27+,28+,29-,30-,31+,32+,33-,34-,35+,36+,37+,38+,39-,40-,43+,44-,45+,46+,47-/m0/s1. The van der Waals surface area contributed by atoms with Gasteiger partial charge in [-0.05, 0) is 104 Å². The summed E-state index contributed by atoms with van der Waals surface area (Å²) in [6, 6.07) is 0. The summed E-state index contributed by atoms with van der Waals surface area (Å²) < 4.78 is 35.2. The molecule has 3 saturated heterocycles. The number of aliphatic hydroxyl groups excluding tert-OH is 11. The number of carbonyl (C=O) groups excluding carboxylic acids is 1. The molecule has 0 spiro atoms. The van der Waals surface area contributed by atoms with Crippen LogP contribution in [0.3, 0.4) is 0 Å². The van der Waals surface area contributed by atoms with E-state index in [4.69, 9.17) is 28.4 Å². The predicted molar refractivity (Wildman–Crippen MR) is 226 cm³/mol. The Hall–Kier alpha value is -1.43. The number of esters is 1. The molecule has 11 N–H and O–H groups in total. The Bertz CT molecular complexity index is 1760. The van der Waals surface area contributed by atoms with E-state index in [-0.39, 0.29) is 52.6 Å². The van der Waals surface area contributed by atoms with Gasteiger partial charge in [0.25, 0.3) is 0 Å². The van der Waals surface area contributed by atoms with Crippen molar-refractivity contribution in [1.29, 1.82) is 0 Å². The van der Waals surface area contributed by atoms with Gasteiger partial charge in [-0.25, -0.2) is 0 Å². The normalized spacial score (nSPS) is 54.3. The van der Waals surface area contributed by atoms with Crippen molar-refractivity contribution in [3.05, 3.63) is 11.6 Å². The zero-order chi connectivity index (χ0) is 47.4. The van der Waals surface area contributed by atoms with Crippen molar-refractivity contribution < 1.29 is 89.4 Å². The molecule has 3 aliphatic heterocycles. The molecule has 0 radical (unpaired) electrons. The molecule has 8 rings (SSSR count). The predicted octanol–water partition coefficient (Wildman–Crippen LogP) is -0.248. The minimum Gasteiger partial charge on any atom is -0.432 e. The molecule has 18 heteroatoms. The maximum absolute atomic E-state index is 14.9. The van der Waals surface area contributed by atoms with E-state index >= 15 is 0 Å². The maximum atomic E-state index is 14.9. The molecular formula is C47H76O18. The summed E-state index contributed by atoms with van der Waals surface area (Å²) in [6.45, 7) is 12.1. The third-order valence-corrected chi connectivity index (χ3v) is 19.0. The lowest BCUT2D eigenvalue weighted by molar-refractivity contribution is -0.328. The lowest BCUT2D eigenvalue weighted by Gasteiger charge is -2.71. The molecule has 18 nitrogen and oxygen atoms in total. The Labute approximate surface area is 380 Å². The van der Waals surface area contributed by atoms with Crippen molar-refractivity contribution in [2.45, 2.75) is 198 Å². The first kappa shape index (κ1) is 50.0. The summed E-state index contributed by atoms with van der Waals surface area (Å²) in [5.74, 6) is -0.485. The van der Waals surface area contributed by atoms with Gasteiger partial charge in [0, 0.05) is 5.41 Å². The molecule has 8 aliphatic rings. The highest BCUT2D eigenvalue weighted by Crippen LogP contribution is 2.76. The zero-order valence-electron chi connectivity index (χ0n) is 38.6. The SMILES string of the molecule is CC1(C)CC[C@]2(C(=O)O[C@@H]3O[C@H](CO[C@@H]4O[C@H](CO)[C@@H](O)[C@H](O)[C@H]4O)[C@@H](O)[C@H](O)[C@H]3O)CC[C@]3(C)C(=CC[C@@H]4[C@]5(C)CC[C@H](O[C@@H]6OC[C@H](O)[C@H](O)[C@H]6O)[C@@](C)(CO)[C@@H]5CC[C@]43C)[C@@H]2C1. The van der Waals surface area contributed by atoms with Gasteiger partial charge in [0.15, 0.2) is 12.6 Å². The number of hydrogen-bond donors (Lipinski definition) is 11. The van der Waals surface area contributed by atoms with Crippen LogP contribution in [0.15, 0.2) is 11.6 Å². The fourth-order valence-electron chi connectivity index (χ4n) is 14.7. The van der Waals surface area contributed by atoms with Crippen LogP contribution in [0.1, 0.15) is 106 Å². The van der Waals surface area contributed by atoms with Crippen LogP contribution in [0, 0.1) is 50.2 Å². The van der Waals surface area contributed by atoms with Crippen molar-refractivity contribution >= 4 is 5.97 Å². The second-order valence-electron chi connectivity index (χ2n) is 22.9. The highest BCUT2D eigenvalue weighted by Gasteiger charge is 2.70. The fourth-order valence-corrected chi connectivity index (χ4v) is 14.7. The van der Waals surface area contributed by atoms with E-state index in [9.17, 15) is 61.0 Å². The molecule has 4 saturated carbocycles. The van der Waals surface area contributed by atoms with E-state index in [1.807, 2.05) is 0 Å². The van der Waals surface area contributed by atoms with E-state index in [1.165, 1.54) is 5.57 Å². The number of hydrogen-bond acceptors (Lipinski definition) is 18. The molecule has 0 aromatic rings. The van der Waals surface area contributed by atoms with E-state index in [1.54, 1.807) is 0 Å². The van der Waals surface area contributed by atoms with Crippen molar-refractivity contribution in [3.8, 4) is 0 Å². The molecule has 0 bridgehead atoms. The molecule has 0 aromatic heterocycles. The van der Waals surface area contributed by atoms with Gasteiger partial charge in [0.05, 0.1) is 37.9 Å². The van der Waals surface area contributed by atoms with Crippen LogP contribution in [-0.4, -0.2) is 181 Å². The van der Waals surface area contributed by atoms with Crippen LogP contribution in [0.2, 0.25) is 0 Å². The van der Waals surface area contributed by atoms with Crippen LogP contribution in [-0.2, 0) is 33.2 Å². The minimum atomic E-state index is -1.81. The molecule has 3 heterocycles. The third kappa shape index (κ3) is 7.89. The highest BCUT2D eigenvalue weighted by atomic mass is 16.7. The number of rotatable bonds is 9. The van der Waals surface area contributed by atoms with E-state index in [0.717, 1.165) is 38.5 Å². The van der Waals surface area contributed by atoms with Crippen molar-refractivity contribution in [3.63, 3.8) is 0 Å². The monoisotopic (exact) mass is 929 g/mol. The third-order valence-electron chi connectivity index (χ3n) is 19.0. The number of fused-ring (bicyclic) bond motifs is 7. The first-order chi connectivity index (χ1) is 30.4. The largest absolute Gasteiger partial charge is 0.432 e. The second-order valence-corrected chi connectivity index (χ2v) is 22.9. The Morgan fingerprint density at radius 3 is 2.00 bits per heavy atom. The average Bonchev–Trinajstić information content (AvgIpc) is 3.26. The molecular weight excluding hydrogens is 852 g/mol. The maximum Gasteiger partial charge on any atom is 0.315 e. The van der Waals surface area contributed by atoms with Gasteiger partial charge in [0.2, 0.25) is 6.29 Å². The lowest BCUT2D eigenvalue weighted by Crippen LogP contribution is -2.67. The van der Waals surface area contributed by atoms with Gasteiger partial charge in [0.1, 0.15) is 67.1 Å². The number of aliphatic hydroxyl groups is 11. The Morgan fingerprint density at radius 2 is 1.32 bits per heavy atom. The van der Waals surface area contributed by atoms with Gasteiger partial charge >= 0.3 is 5.97 Å². The molecule has 7 fully saturated rings. The molecule has 23 atom stereocenters. The quantitative estimate of drug-likeness (QED) is 0.0808. The van der Waals surface area contributed by atoms with Crippen LogP contribution >= 0.6 is 0 Å². The highest BCUT2D eigenvalue weighted by molar-refractivity contribution is 5.79. The Kier molecular flexibility index (Phi) is 13.7. The van der Waals surface area contributed by atoms with Crippen molar-refractivity contribution in [2.24, 2.45) is 50.2 Å². The molecule has 0 amide bonds. The topological polar surface area (TPSA) is 295 Å². The van der Waals surface area contributed by atoms with Gasteiger partial charge < -0.3 is 84.6 Å². The van der Waals surface area contributed by atoms with Gasteiger partial charge in [-0.15, -0.1) is 0 Å². The second kappa shape index (κ2) is 17.8. The van der Waals surface area contributed by atoms with Crippen molar-refractivity contribution in [2.75, 3.05) is 26.4 Å². The molecule has 65 heavy (non-hydrogen) atoms. The fraction of sp³-hybridized carbons (Fsp3) is 0.936. The van der Waals surface area contributed by atoms with E-state index in [0.29, 0.717) is 25.7 Å². The number of ether oxygens (including phenoxy) is 6. The first-order valence-electron chi connectivity index (χ1n) is 23.9. The van der Waals surface area contributed by atoms with E-state index in [2.05, 4.69) is 47.6 Å². The van der Waals surface area contributed by atoms with Gasteiger partial charge in [-0.1, -0.05) is 53.2 Å². The summed E-state index contributed by atoms with van der Waals surface area (Å²) in [5.41, 5.74) is -1.23. The Morgan fingerprint density at radius 1 is 0.692 bits per heavy atom. The molecule has 0 aromatic carbocycles.